The number of fused-ring (bicyclic) bond motifs is 2. The van der Waals surface area contributed by atoms with Crippen LogP contribution >= 0.6 is 0 Å². The van der Waals surface area contributed by atoms with Crippen LogP contribution in [0.5, 0.6) is 0 Å². The Balaban J connectivity index is 1.37. The summed E-state index contributed by atoms with van der Waals surface area (Å²) < 4.78 is 7.85. The first-order valence-corrected chi connectivity index (χ1v) is 15.5. The van der Waals surface area contributed by atoms with Gasteiger partial charge in [0.2, 0.25) is 0 Å². The minimum Gasteiger partial charge on any atom is -0.389 e. The molecule has 2 aliphatic heterocycles. The zero-order chi connectivity index (χ0) is 29.7. The summed E-state index contributed by atoms with van der Waals surface area (Å²) in [5, 5.41) is 15.9. The number of ether oxygens (including phenoxy) is 1. The molecule has 2 N–H and O–H groups in total. The van der Waals surface area contributed by atoms with Crippen LogP contribution in [0.25, 0.3) is 33.6 Å². The molecule has 1 aromatic carbocycles. The lowest BCUT2D eigenvalue weighted by Crippen LogP contribution is -2.50. The SMILES string of the molecule is C=C1c2[nH]ccc2C(c2ccc3nc(-c4cnn(CC(C)(C)O)c4)nc(N4CCOC[C@@H]4C4CCCCC4)c3c2)=CN1C. The molecule has 0 bridgehead atoms. The highest BCUT2D eigenvalue weighted by Gasteiger charge is 2.34. The average molecular weight is 580 g/mol. The monoisotopic (exact) mass is 579 g/mol. The van der Waals surface area contributed by atoms with Crippen LogP contribution in [0.4, 0.5) is 5.82 Å². The van der Waals surface area contributed by atoms with Crippen molar-refractivity contribution < 1.29 is 9.84 Å². The third kappa shape index (κ3) is 5.36. The number of hydrogen-bond donors (Lipinski definition) is 2. The smallest absolute Gasteiger partial charge is 0.165 e. The van der Waals surface area contributed by atoms with Crippen molar-refractivity contribution in [1.29, 1.82) is 0 Å². The van der Waals surface area contributed by atoms with Gasteiger partial charge in [-0.15, -0.1) is 0 Å². The van der Waals surface area contributed by atoms with Crippen molar-refractivity contribution in [3.63, 3.8) is 0 Å². The van der Waals surface area contributed by atoms with Gasteiger partial charge in [0.15, 0.2) is 5.82 Å². The fourth-order valence-electron chi connectivity index (χ4n) is 6.97. The molecule has 1 atom stereocenters. The summed E-state index contributed by atoms with van der Waals surface area (Å²) in [6, 6.07) is 8.93. The van der Waals surface area contributed by atoms with Crippen LogP contribution in [-0.4, -0.2) is 73.2 Å². The van der Waals surface area contributed by atoms with Crippen LogP contribution in [0, 0.1) is 5.92 Å². The van der Waals surface area contributed by atoms with Crippen LogP contribution in [0.1, 0.15) is 62.8 Å². The first kappa shape index (κ1) is 27.9. The summed E-state index contributed by atoms with van der Waals surface area (Å²) in [5.74, 6) is 2.19. The molecule has 43 heavy (non-hydrogen) atoms. The quantitative estimate of drug-likeness (QED) is 0.303. The number of aromatic amines is 1. The molecule has 5 heterocycles. The highest BCUT2D eigenvalue weighted by atomic mass is 16.5. The molecule has 2 fully saturated rings. The molecule has 1 saturated heterocycles. The van der Waals surface area contributed by atoms with Gasteiger partial charge in [-0.25, -0.2) is 9.97 Å². The Labute approximate surface area is 252 Å². The third-order valence-corrected chi connectivity index (χ3v) is 9.13. The Morgan fingerprint density at radius 1 is 1.12 bits per heavy atom. The fraction of sp³-hybridized carbons (Fsp3) is 0.441. The Kier molecular flexibility index (Phi) is 7.10. The zero-order valence-corrected chi connectivity index (χ0v) is 25.4. The molecule has 0 unspecified atom stereocenters. The number of H-pyrrole nitrogens is 1. The molecule has 1 saturated carbocycles. The highest BCUT2D eigenvalue weighted by Crippen LogP contribution is 2.39. The minimum atomic E-state index is -0.871. The van der Waals surface area contributed by atoms with E-state index in [1.54, 1.807) is 24.7 Å². The molecule has 1 aliphatic carbocycles. The minimum absolute atomic E-state index is 0.279. The molecule has 0 amide bonds. The molecular weight excluding hydrogens is 538 g/mol. The van der Waals surface area contributed by atoms with Crippen LogP contribution in [0.3, 0.4) is 0 Å². The summed E-state index contributed by atoms with van der Waals surface area (Å²) in [5.41, 5.74) is 6.26. The number of rotatable bonds is 6. The van der Waals surface area contributed by atoms with E-state index >= 15 is 0 Å². The van der Waals surface area contributed by atoms with Gasteiger partial charge < -0.3 is 24.6 Å². The van der Waals surface area contributed by atoms with Gasteiger partial charge in [0, 0.05) is 48.7 Å². The molecule has 7 rings (SSSR count). The second kappa shape index (κ2) is 11.0. The number of benzene rings is 1. The normalized spacial score (nSPS) is 20.0. The molecule has 3 aromatic heterocycles. The Hall–Kier alpha value is -3.95. The van der Waals surface area contributed by atoms with Crippen molar-refractivity contribution in [2.75, 3.05) is 31.7 Å². The predicted molar refractivity (Wildman–Crippen MR) is 170 cm³/mol. The van der Waals surface area contributed by atoms with E-state index < -0.39 is 5.60 Å². The maximum absolute atomic E-state index is 10.3. The summed E-state index contributed by atoms with van der Waals surface area (Å²) in [4.78, 5) is 18.3. The fourth-order valence-corrected chi connectivity index (χ4v) is 6.97. The standard InChI is InChI=1S/C34H41N7O2/c1-22-31-26(12-13-35-31)28(19-39(22)4)24-10-11-29-27(16-24)33(41-14-15-43-20-30(41)23-8-6-5-7-9-23)38-32(37-29)25-17-36-40(18-25)21-34(2,3)42/h10-13,16-19,23,30,35,42H,1,5-9,14-15,20-21H2,2-4H3/t30-/m1/s1. The summed E-state index contributed by atoms with van der Waals surface area (Å²) >= 11 is 0. The van der Waals surface area contributed by atoms with Crippen molar-refractivity contribution >= 4 is 28.0 Å². The van der Waals surface area contributed by atoms with Gasteiger partial charge in [-0.3, -0.25) is 4.68 Å². The van der Waals surface area contributed by atoms with Crippen molar-refractivity contribution in [3.8, 4) is 11.4 Å². The number of hydrogen-bond acceptors (Lipinski definition) is 7. The van der Waals surface area contributed by atoms with Crippen molar-refractivity contribution in [2.24, 2.45) is 5.92 Å². The van der Waals surface area contributed by atoms with Crippen LogP contribution < -0.4 is 4.90 Å². The largest absolute Gasteiger partial charge is 0.389 e. The molecular formula is C34H41N7O2. The lowest BCUT2D eigenvalue weighted by Gasteiger charge is -2.42. The number of aromatic nitrogens is 5. The average Bonchev–Trinajstić information content (AvgIpc) is 3.68. The van der Waals surface area contributed by atoms with E-state index in [0.29, 0.717) is 24.9 Å². The van der Waals surface area contributed by atoms with Crippen molar-refractivity contribution in [3.05, 3.63) is 72.5 Å². The number of anilines is 1. The number of morpholine rings is 1. The van der Waals surface area contributed by atoms with Crippen molar-refractivity contribution in [1.82, 2.24) is 29.6 Å². The lowest BCUT2D eigenvalue weighted by atomic mass is 9.83. The number of nitrogens with one attached hydrogen (secondary N) is 1. The van der Waals surface area contributed by atoms with Crippen LogP contribution in [0.2, 0.25) is 0 Å². The van der Waals surface area contributed by atoms with Crippen LogP contribution in [-0.2, 0) is 11.3 Å². The van der Waals surface area contributed by atoms with Gasteiger partial charge in [0.05, 0.1) is 60.1 Å². The van der Waals surface area contributed by atoms with E-state index in [0.717, 1.165) is 63.5 Å². The molecule has 9 nitrogen and oxygen atoms in total. The van der Waals surface area contributed by atoms with E-state index in [9.17, 15) is 5.11 Å². The van der Waals surface area contributed by atoms with Crippen molar-refractivity contribution in [2.45, 2.75) is 64.1 Å². The third-order valence-electron chi connectivity index (χ3n) is 9.13. The predicted octanol–water partition coefficient (Wildman–Crippen LogP) is 5.68. The highest BCUT2D eigenvalue weighted by molar-refractivity contribution is 5.97. The van der Waals surface area contributed by atoms with Gasteiger partial charge in [0.25, 0.3) is 0 Å². The molecule has 0 spiro atoms. The topological polar surface area (TPSA) is 95.3 Å². The van der Waals surface area contributed by atoms with Gasteiger partial charge in [-0.1, -0.05) is 31.9 Å². The van der Waals surface area contributed by atoms with E-state index in [1.165, 1.54) is 32.1 Å². The van der Waals surface area contributed by atoms with Gasteiger partial charge in [0.1, 0.15) is 5.82 Å². The Morgan fingerprint density at radius 3 is 2.77 bits per heavy atom. The second-order valence-electron chi connectivity index (χ2n) is 12.9. The molecule has 3 aliphatic rings. The molecule has 9 heteroatoms. The van der Waals surface area contributed by atoms with E-state index in [2.05, 4.69) is 56.9 Å². The van der Waals surface area contributed by atoms with E-state index in [1.807, 2.05) is 19.4 Å². The van der Waals surface area contributed by atoms with E-state index in [-0.39, 0.29) is 6.04 Å². The van der Waals surface area contributed by atoms with Crippen LogP contribution in [0.15, 0.2) is 55.6 Å². The number of nitrogens with zero attached hydrogens (tertiary/aromatic N) is 6. The second-order valence-corrected chi connectivity index (χ2v) is 12.9. The van der Waals surface area contributed by atoms with Gasteiger partial charge in [-0.05, 0) is 56.4 Å². The Morgan fingerprint density at radius 2 is 1.95 bits per heavy atom. The summed E-state index contributed by atoms with van der Waals surface area (Å²) in [6.07, 6.45) is 14.2. The lowest BCUT2D eigenvalue weighted by molar-refractivity contribution is 0.0577. The molecule has 224 valence electrons. The zero-order valence-electron chi connectivity index (χ0n) is 25.4. The van der Waals surface area contributed by atoms with Gasteiger partial charge >= 0.3 is 0 Å². The first-order valence-electron chi connectivity index (χ1n) is 15.5. The maximum atomic E-state index is 10.3. The molecule has 0 radical (unpaired) electrons. The van der Waals surface area contributed by atoms with Gasteiger partial charge in [-0.2, -0.15) is 5.10 Å². The first-order chi connectivity index (χ1) is 20.7. The Bertz CT molecular complexity index is 1690. The summed E-state index contributed by atoms with van der Waals surface area (Å²) in [7, 11) is 2.04. The van der Waals surface area contributed by atoms with E-state index in [4.69, 9.17) is 14.7 Å². The number of aliphatic hydroxyl groups is 1. The summed E-state index contributed by atoms with van der Waals surface area (Å²) in [6.45, 7) is 10.4. The maximum Gasteiger partial charge on any atom is 0.165 e. The molecule has 4 aromatic rings.